The fraction of sp³-hybridized carbons (Fsp3) is 0.0625. The molecule has 2 aromatic carbocycles. The van der Waals surface area contributed by atoms with E-state index >= 15 is 0 Å². The first-order valence-corrected chi connectivity index (χ1v) is 7.32. The maximum Gasteiger partial charge on any atom is 0.385 e. The highest BCUT2D eigenvalue weighted by Gasteiger charge is 2.19. The number of thiazole rings is 1. The van der Waals surface area contributed by atoms with Crippen molar-refractivity contribution in [3.8, 4) is 10.9 Å². The molecule has 0 radical (unpaired) electrons. The summed E-state index contributed by atoms with van der Waals surface area (Å²) in [6.07, 6.45) is 0. The molecule has 0 amide bonds. The second-order valence-electron chi connectivity index (χ2n) is 4.36. The molecule has 3 rings (SSSR count). The number of para-hydroxylation sites is 2. The maximum absolute atomic E-state index is 11.7. The monoisotopic (exact) mass is 313 g/mol. The van der Waals surface area contributed by atoms with Crippen LogP contribution >= 0.6 is 11.3 Å². The van der Waals surface area contributed by atoms with Crippen molar-refractivity contribution in [2.24, 2.45) is 0 Å². The maximum atomic E-state index is 11.7. The van der Waals surface area contributed by atoms with Crippen LogP contribution < -0.4 is 9.47 Å². The van der Waals surface area contributed by atoms with Crippen molar-refractivity contribution < 1.29 is 19.1 Å². The minimum atomic E-state index is -0.977. The van der Waals surface area contributed by atoms with Crippen molar-refractivity contribution >= 4 is 33.3 Å². The van der Waals surface area contributed by atoms with E-state index in [-0.39, 0.29) is 11.8 Å². The molecule has 22 heavy (non-hydrogen) atoms. The minimum Gasteiger partial charge on any atom is -0.485 e. The zero-order chi connectivity index (χ0) is 15.4. The highest BCUT2D eigenvalue weighted by Crippen LogP contribution is 2.27. The van der Waals surface area contributed by atoms with Gasteiger partial charge in [0.15, 0.2) is 6.61 Å². The largest absolute Gasteiger partial charge is 0.485 e. The number of nitrogens with zero attached hydrogens (tertiary/aromatic N) is 1. The van der Waals surface area contributed by atoms with Gasteiger partial charge in [-0.25, -0.2) is 9.78 Å². The Kier molecular flexibility index (Phi) is 4.11. The number of carbonyl (C=O) groups excluding carboxylic acids is 2. The van der Waals surface area contributed by atoms with E-state index in [4.69, 9.17) is 9.47 Å². The van der Waals surface area contributed by atoms with Gasteiger partial charge in [-0.15, -0.1) is 0 Å². The summed E-state index contributed by atoms with van der Waals surface area (Å²) in [6.45, 7) is -0.367. The number of carbonyl (C=O) groups is 2. The van der Waals surface area contributed by atoms with Gasteiger partial charge in [0.25, 0.3) is 11.0 Å². The molecule has 1 aromatic heterocycles. The zero-order valence-corrected chi connectivity index (χ0v) is 12.2. The van der Waals surface area contributed by atoms with E-state index in [0.717, 1.165) is 10.2 Å². The topological polar surface area (TPSA) is 65.5 Å². The predicted molar refractivity (Wildman–Crippen MR) is 82.2 cm³/mol. The Morgan fingerprint density at radius 1 is 1.00 bits per heavy atom. The molecule has 0 N–H and O–H groups in total. The van der Waals surface area contributed by atoms with Crippen molar-refractivity contribution in [1.29, 1.82) is 0 Å². The van der Waals surface area contributed by atoms with Gasteiger partial charge in [-0.3, -0.25) is 4.79 Å². The quantitative estimate of drug-likeness (QED) is 0.535. The van der Waals surface area contributed by atoms with Gasteiger partial charge >= 0.3 is 5.97 Å². The predicted octanol–water partition coefficient (Wildman–Crippen LogP) is 2.85. The van der Waals surface area contributed by atoms with E-state index in [2.05, 4.69) is 4.98 Å². The zero-order valence-electron chi connectivity index (χ0n) is 11.4. The van der Waals surface area contributed by atoms with Crippen LogP contribution in [0.1, 0.15) is 0 Å². The van der Waals surface area contributed by atoms with Gasteiger partial charge in [0.1, 0.15) is 5.75 Å². The highest BCUT2D eigenvalue weighted by molar-refractivity contribution is 7.20. The minimum absolute atomic E-state index is 0.152. The van der Waals surface area contributed by atoms with Gasteiger partial charge in [0, 0.05) is 0 Å². The average Bonchev–Trinajstić information content (AvgIpc) is 2.95. The van der Waals surface area contributed by atoms with Crippen molar-refractivity contribution in [3.05, 3.63) is 54.6 Å². The number of hydrogen-bond donors (Lipinski definition) is 0. The molecule has 6 heteroatoms. The number of benzene rings is 2. The number of hydrogen-bond acceptors (Lipinski definition) is 6. The number of ketones is 1. The lowest BCUT2D eigenvalue weighted by Gasteiger charge is -2.03. The van der Waals surface area contributed by atoms with Crippen molar-refractivity contribution in [2.75, 3.05) is 6.61 Å². The molecule has 0 aliphatic carbocycles. The van der Waals surface area contributed by atoms with Gasteiger partial charge in [-0.1, -0.05) is 41.7 Å². The number of rotatable bonds is 5. The van der Waals surface area contributed by atoms with E-state index in [1.807, 2.05) is 30.3 Å². The van der Waals surface area contributed by atoms with Crippen LogP contribution in [-0.2, 0) is 9.59 Å². The summed E-state index contributed by atoms with van der Waals surface area (Å²) >= 11 is 1.21. The molecule has 0 spiro atoms. The number of ether oxygens (including phenoxy) is 2. The first-order chi connectivity index (χ1) is 10.7. The van der Waals surface area contributed by atoms with E-state index in [0.29, 0.717) is 5.75 Å². The lowest BCUT2D eigenvalue weighted by atomic mass is 10.3. The Morgan fingerprint density at radius 3 is 2.50 bits per heavy atom. The summed E-state index contributed by atoms with van der Waals surface area (Å²) in [6, 6.07) is 16.2. The van der Waals surface area contributed by atoms with E-state index in [9.17, 15) is 9.59 Å². The Balaban J connectivity index is 1.60. The smallest absolute Gasteiger partial charge is 0.385 e. The molecular formula is C16H11NO4S. The Labute approximate surface area is 130 Å². The van der Waals surface area contributed by atoms with Crippen LogP contribution in [0, 0.1) is 0 Å². The van der Waals surface area contributed by atoms with Gasteiger partial charge in [-0.05, 0) is 24.3 Å². The number of fused-ring (bicyclic) bond motifs is 1. The molecule has 0 atom stereocenters. The van der Waals surface area contributed by atoms with Crippen molar-refractivity contribution in [2.45, 2.75) is 0 Å². The number of esters is 1. The molecular weight excluding hydrogens is 302 g/mol. The lowest BCUT2D eigenvalue weighted by molar-refractivity contribution is -0.148. The van der Waals surface area contributed by atoms with Gasteiger partial charge in [-0.2, -0.15) is 0 Å². The molecule has 1 heterocycles. The number of aromatic nitrogens is 1. The fourth-order valence-electron chi connectivity index (χ4n) is 1.76. The van der Waals surface area contributed by atoms with Gasteiger partial charge in [0.2, 0.25) is 0 Å². The SMILES string of the molecule is O=C(COc1ccccc1)C(=O)Oc1nc2ccccc2s1. The first-order valence-electron chi connectivity index (χ1n) is 6.51. The first kappa shape index (κ1) is 14.2. The van der Waals surface area contributed by atoms with Crippen LogP contribution in [0.15, 0.2) is 54.6 Å². The summed E-state index contributed by atoms with van der Waals surface area (Å²) in [5.74, 6) is -1.22. The van der Waals surface area contributed by atoms with Gasteiger partial charge < -0.3 is 9.47 Å². The van der Waals surface area contributed by atoms with Crippen LogP contribution in [0.25, 0.3) is 10.2 Å². The highest BCUT2D eigenvalue weighted by atomic mass is 32.1. The molecule has 0 saturated heterocycles. The third-order valence-corrected chi connectivity index (χ3v) is 3.71. The van der Waals surface area contributed by atoms with Crippen LogP contribution in [0.4, 0.5) is 0 Å². The molecule has 0 aliphatic rings. The summed E-state index contributed by atoms with van der Waals surface area (Å²) in [5.41, 5.74) is 0.725. The molecule has 110 valence electrons. The van der Waals surface area contributed by atoms with E-state index in [1.54, 1.807) is 24.3 Å². The molecule has 0 fully saturated rings. The van der Waals surface area contributed by atoms with Crippen LogP contribution in [-0.4, -0.2) is 23.3 Å². The summed E-state index contributed by atoms with van der Waals surface area (Å²) in [4.78, 5) is 27.6. The second kappa shape index (κ2) is 6.36. The Morgan fingerprint density at radius 2 is 1.73 bits per heavy atom. The number of Topliss-reactive ketones (excluding diaryl/α,β-unsaturated/α-hetero) is 1. The standard InChI is InChI=1S/C16H11NO4S/c18-13(10-20-11-6-2-1-3-7-11)15(19)21-16-17-12-8-4-5-9-14(12)22-16/h1-9H,10H2. The van der Waals surface area contributed by atoms with Crippen LogP contribution in [0.5, 0.6) is 10.9 Å². The van der Waals surface area contributed by atoms with E-state index < -0.39 is 11.8 Å². The Hall–Kier alpha value is -2.73. The van der Waals surface area contributed by atoms with Crippen LogP contribution in [0.2, 0.25) is 0 Å². The second-order valence-corrected chi connectivity index (χ2v) is 5.36. The molecule has 3 aromatic rings. The third kappa shape index (κ3) is 3.29. The normalized spacial score (nSPS) is 10.4. The molecule has 5 nitrogen and oxygen atoms in total. The average molecular weight is 313 g/mol. The third-order valence-electron chi connectivity index (χ3n) is 2.80. The summed E-state index contributed by atoms with van der Waals surface area (Å²) in [7, 11) is 0. The molecule has 0 aliphatic heterocycles. The lowest BCUT2D eigenvalue weighted by Crippen LogP contribution is -2.26. The van der Waals surface area contributed by atoms with Crippen molar-refractivity contribution in [3.63, 3.8) is 0 Å². The fourth-order valence-corrected chi connectivity index (χ4v) is 2.57. The van der Waals surface area contributed by atoms with Gasteiger partial charge in [0.05, 0.1) is 10.2 Å². The molecule has 0 bridgehead atoms. The Bertz CT molecular complexity index is 780. The molecule has 0 unspecified atom stereocenters. The summed E-state index contributed by atoms with van der Waals surface area (Å²) < 4.78 is 11.1. The van der Waals surface area contributed by atoms with Crippen molar-refractivity contribution in [1.82, 2.24) is 4.98 Å². The molecule has 0 saturated carbocycles. The van der Waals surface area contributed by atoms with E-state index in [1.165, 1.54) is 11.3 Å². The summed E-state index contributed by atoms with van der Waals surface area (Å²) in [5, 5.41) is 0.152. The van der Waals surface area contributed by atoms with Crippen LogP contribution in [0.3, 0.4) is 0 Å².